The molecular weight excluding hydrogens is 580 g/mol. The Balaban J connectivity index is 1.49. The van der Waals surface area contributed by atoms with Gasteiger partial charge >= 0.3 is 5.97 Å². The summed E-state index contributed by atoms with van der Waals surface area (Å²) in [4.78, 5) is 20.1. The van der Waals surface area contributed by atoms with Gasteiger partial charge in [0.2, 0.25) is 0 Å². The van der Waals surface area contributed by atoms with E-state index in [2.05, 4.69) is 35.2 Å². The van der Waals surface area contributed by atoms with Crippen LogP contribution in [0.1, 0.15) is 51.0 Å². The van der Waals surface area contributed by atoms with Gasteiger partial charge in [-0.25, -0.2) is 14.3 Å². The van der Waals surface area contributed by atoms with Crippen molar-refractivity contribution >= 4 is 17.3 Å². The lowest BCUT2D eigenvalue weighted by atomic mass is 9.98. The summed E-state index contributed by atoms with van der Waals surface area (Å²) < 4.78 is 20.2. The Bertz CT molecular complexity index is 1940. The molecule has 0 unspecified atom stereocenters. The topological polar surface area (TPSA) is 98.4 Å². The number of ether oxygens (including phenoxy) is 3. The fraction of sp³-hybridized carbons (Fsp3) is 0.324. The number of aromatic nitrogens is 3. The summed E-state index contributed by atoms with van der Waals surface area (Å²) in [7, 11) is 0. The van der Waals surface area contributed by atoms with E-state index >= 15 is 0 Å². The van der Waals surface area contributed by atoms with Crippen LogP contribution in [0.2, 0.25) is 0 Å². The summed E-state index contributed by atoms with van der Waals surface area (Å²) in [6, 6.07) is 24.4. The number of carboxylic acids is 1. The first-order valence-corrected chi connectivity index (χ1v) is 15.8. The summed E-state index contributed by atoms with van der Waals surface area (Å²) in [6.07, 6.45) is 0.582. The lowest BCUT2D eigenvalue weighted by Gasteiger charge is -2.32. The highest BCUT2D eigenvalue weighted by molar-refractivity contribution is 5.83. The predicted octanol–water partition coefficient (Wildman–Crippen LogP) is 7.35. The minimum atomic E-state index is -1.26. The number of hydrogen-bond donors (Lipinski definition) is 1. The maximum absolute atomic E-state index is 12.9. The zero-order valence-corrected chi connectivity index (χ0v) is 26.6. The standard InChI is InChI=1S/C37H38N4O5/c1-23-33(35(36(42)43)46-37(2,3)4)34-27-13-14-31-30(21-27)40(16-18-45-31)15-5-6-17-44-28-12-8-10-25(20-28)24-9-7-11-26(19-24)29-22-32(38-23)41(34)39-29/h7-14,19-22,35H,5-6,15-18H2,1-4H3,(H,42,43)/t35-/m0/s1. The molecule has 0 spiro atoms. The first kappa shape index (κ1) is 29.8. The van der Waals surface area contributed by atoms with E-state index in [1.807, 2.05) is 70.2 Å². The van der Waals surface area contributed by atoms with Gasteiger partial charge in [0.25, 0.3) is 0 Å². The van der Waals surface area contributed by atoms with Crippen LogP contribution in [0.15, 0.2) is 72.8 Å². The molecule has 5 aromatic rings. The maximum Gasteiger partial charge on any atom is 0.337 e. The van der Waals surface area contributed by atoms with E-state index in [1.165, 1.54) is 0 Å². The Labute approximate surface area is 268 Å². The largest absolute Gasteiger partial charge is 0.494 e. The van der Waals surface area contributed by atoms with Crippen molar-refractivity contribution in [3.05, 3.63) is 84.1 Å². The van der Waals surface area contributed by atoms with Crippen LogP contribution in [0.5, 0.6) is 11.5 Å². The molecule has 0 aliphatic carbocycles. The maximum atomic E-state index is 12.9. The lowest BCUT2D eigenvalue weighted by molar-refractivity contribution is -0.160. The Morgan fingerprint density at radius 3 is 2.48 bits per heavy atom. The number of hydrogen-bond acceptors (Lipinski definition) is 7. The van der Waals surface area contributed by atoms with Gasteiger partial charge in [0.05, 0.1) is 35.8 Å². The Kier molecular flexibility index (Phi) is 7.64. The number of nitrogens with zero attached hydrogens (tertiary/aromatic N) is 4. The van der Waals surface area contributed by atoms with Crippen LogP contribution in [0.4, 0.5) is 5.69 Å². The van der Waals surface area contributed by atoms with Crippen molar-refractivity contribution in [2.45, 2.75) is 52.2 Å². The number of fused-ring (bicyclic) bond motifs is 9. The number of carboxylic acid groups (broad SMARTS) is 1. The van der Waals surface area contributed by atoms with Crippen LogP contribution >= 0.6 is 0 Å². The summed E-state index contributed by atoms with van der Waals surface area (Å²) in [5, 5.41) is 15.6. The molecule has 0 fully saturated rings. The van der Waals surface area contributed by atoms with E-state index in [0.29, 0.717) is 35.8 Å². The van der Waals surface area contributed by atoms with Gasteiger partial charge in [0.1, 0.15) is 18.1 Å². The first-order chi connectivity index (χ1) is 22.1. The van der Waals surface area contributed by atoms with Gasteiger partial charge < -0.3 is 24.2 Å². The second kappa shape index (κ2) is 11.8. The van der Waals surface area contributed by atoms with Crippen LogP contribution in [0.25, 0.3) is 39.3 Å². The fourth-order valence-corrected chi connectivity index (χ4v) is 6.32. The van der Waals surface area contributed by atoms with Crippen molar-refractivity contribution in [2.24, 2.45) is 0 Å². The molecule has 236 valence electrons. The van der Waals surface area contributed by atoms with Gasteiger partial charge in [-0.05, 0) is 88.1 Å². The van der Waals surface area contributed by atoms with E-state index in [9.17, 15) is 9.90 Å². The van der Waals surface area contributed by atoms with Crippen molar-refractivity contribution in [1.82, 2.24) is 14.6 Å². The van der Waals surface area contributed by atoms with Crippen LogP contribution in [0, 0.1) is 6.92 Å². The Morgan fingerprint density at radius 1 is 0.891 bits per heavy atom. The summed E-state index contributed by atoms with van der Waals surface area (Å²) in [5.74, 6) is 0.562. The number of aryl methyl sites for hydroxylation is 1. The first-order valence-electron chi connectivity index (χ1n) is 15.8. The smallest absolute Gasteiger partial charge is 0.337 e. The average Bonchev–Trinajstić information content (AvgIpc) is 3.46. The summed E-state index contributed by atoms with van der Waals surface area (Å²) in [5.41, 5.74) is 7.10. The predicted molar refractivity (Wildman–Crippen MR) is 178 cm³/mol. The van der Waals surface area contributed by atoms with Crippen LogP contribution < -0.4 is 14.4 Å². The normalized spacial score (nSPS) is 15.3. The molecular formula is C37H38N4O5. The number of anilines is 1. The third-order valence-electron chi connectivity index (χ3n) is 8.40. The van der Waals surface area contributed by atoms with Crippen molar-refractivity contribution in [2.75, 3.05) is 31.2 Å². The minimum absolute atomic E-state index is 0.474. The number of aliphatic carboxylic acids is 1. The highest BCUT2D eigenvalue weighted by Gasteiger charge is 2.34. The Morgan fingerprint density at radius 2 is 1.67 bits per heavy atom. The third-order valence-corrected chi connectivity index (χ3v) is 8.40. The van der Waals surface area contributed by atoms with Crippen LogP contribution in [-0.2, 0) is 9.53 Å². The van der Waals surface area contributed by atoms with E-state index in [-0.39, 0.29) is 0 Å². The highest BCUT2D eigenvalue weighted by atomic mass is 16.5. The molecule has 9 nitrogen and oxygen atoms in total. The monoisotopic (exact) mass is 618 g/mol. The molecule has 2 aromatic heterocycles. The van der Waals surface area contributed by atoms with E-state index in [1.54, 1.807) is 4.52 Å². The minimum Gasteiger partial charge on any atom is -0.494 e. The second-order valence-corrected chi connectivity index (χ2v) is 12.9. The van der Waals surface area contributed by atoms with Crippen molar-refractivity contribution in [1.29, 1.82) is 0 Å². The molecule has 4 heterocycles. The van der Waals surface area contributed by atoms with E-state index < -0.39 is 17.7 Å². The number of rotatable bonds is 3. The van der Waals surface area contributed by atoms with Crippen molar-refractivity contribution in [3.8, 4) is 45.1 Å². The SMILES string of the molecule is Cc1nc2cc3nn2c(c1[C@H](OC(C)(C)C)C(=O)O)-c1ccc2c(c1)N(CCCCOc1cccc(c1)-c1cccc-3c1)CCO2. The number of benzene rings is 3. The van der Waals surface area contributed by atoms with Gasteiger partial charge in [-0.3, -0.25) is 0 Å². The van der Waals surface area contributed by atoms with Crippen LogP contribution in [0.3, 0.4) is 0 Å². The summed E-state index contributed by atoms with van der Waals surface area (Å²) >= 11 is 0. The van der Waals surface area contributed by atoms with Crippen molar-refractivity contribution < 1.29 is 24.1 Å². The molecule has 0 saturated carbocycles. The van der Waals surface area contributed by atoms with Gasteiger partial charge in [0, 0.05) is 35.0 Å². The molecule has 3 aromatic carbocycles. The number of carbonyl (C=O) groups is 1. The molecule has 0 saturated heterocycles. The zero-order chi connectivity index (χ0) is 32.0. The molecule has 1 N–H and O–H groups in total. The van der Waals surface area contributed by atoms with Crippen molar-refractivity contribution in [3.63, 3.8) is 0 Å². The Hall–Kier alpha value is -4.89. The molecule has 2 aliphatic rings. The van der Waals surface area contributed by atoms with Gasteiger partial charge in [-0.15, -0.1) is 0 Å². The molecule has 0 amide bonds. The zero-order valence-electron chi connectivity index (χ0n) is 26.6. The molecule has 0 radical (unpaired) electrons. The molecule has 7 rings (SSSR count). The molecule has 8 bridgehead atoms. The van der Waals surface area contributed by atoms with E-state index in [0.717, 1.165) is 71.1 Å². The molecule has 2 aliphatic heterocycles. The fourth-order valence-electron chi connectivity index (χ4n) is 6.32. The summed E-state index contributed by atoms with van der Waals surface area (Å²) in [6.45, 7) is 10.2. The lowest BCUT2D eigenvalue weighted by Crippen LogP contribution is -2.33. The van der Waals surface area contributed by atoms with Gasteiger partial charge in [0.15, 0.2) is 11.8 Å². The quantitative estimate of drug-likeness (QED) is 0.224. The van der Waals surface area contributed by atoms with Crippen LogP contribution in [-0.4, -0.2) is 57.6 Å². The molecule has 1 atom stereocenters. The highest BCUT2D eigenvalue weighted by Crippen LogP contribution is 2.41. The third kappa shape index (κ3) is 5.78. The molecule has 46 heavy (non-hydrogen) atoms. The average molecular weight is 619 g/mol. The van der Waals surface area contributed by atoms with Gasteiger partial charge in [-0.1, -0.05) is 30.3 Å². The second-order valence-electron chi connectivity index (χ2n) is 12.9. The van der Waals surface area contributed by atoms with Gasteiger partial charge in [-0.2, -0.15) is 5.10 Å². The molecule has 9 heteroatoms. The van der Waals surface area contributed by atoms with E-state index in [4.69, 9.17) is 24.3 Å².